The van der Waals surface area contributed by atoms with Crippen molar-refractivity contribution >= 4 is 11.6 Å². The molecule has 0 fully saturated rings. The van der Waals surface area contributed by atoms with Gasteiger partial charge in [0.15, 0.2) is 0 Å². The topological polar surface area (TPSA) is 125 Å². The Balaban J connectivity index is 1.98. The van der Waals surface area contributed by atoms with E-state index in [0.29, 0.717) is 16.9 Å². The van der Waals surface area contributed by atoms with Crippen LogP contribution in [0.1, 0.15) is 41.4 Å². The van der Waals surface area contributed by atoms with E-state index < -0.39 is 28.6 Å². The molecule has 8 heteroatoms. The van der Waals surface area contributed by atoms with E-state index in [-0.39, 0.29) is 11.3 Å². The van der Waals surface area contributed by atoms with Crippen molar-refractivity contribution in [3.05, 3.63) is 69.3 Å². The molecule has 0 spiro atoms. The normalized spacial score (nSPS) is 19.9. The Bertz CT molecular complexity index is 964. The number of nitro benzene ring substituents is 1. The summed E-state index contributed by atoms with van der Waals surface area (Å²) in [4.78, 5) is 23.0. The number of fused-ring (bicyclic) bond motifs is 1. The van der Waals surface area contributed by atoms with Crippen molar-refractivity contribution in [2.75, 3.05) is 0 Å². The zero-order valence-corrected chi connectivity index (χ0v) is 14.7. The van der Waals surface area contributed by atoms with Gasteiger partial charge in [0.1, 0.15) is 17.5 Å². The number of nitro groups is 1. The van der Waals surface area contributed by atoms with Crippen molar-refractivity contribution in [1.29, 1.82) is 5.26 Å². The lowest BCUT2D eigenvalue weighted by atomic mass is 9.85. The van der Waals surface area contributed by atoms with Gasteiger partial charge in [0.05, 0.1) is 22.6 Å². The number of nitriles is 1. The molecule has 8 nitrogen and oxygen atoms in total. The number of non-ortho nitro benzene ring substituents is 1. The standard InChI is InChI=1S/C19H17N3O5/c1-19(2)17(23)16(14-8-11(10-20)6-7-15(14)27-19)21-18(24)12-4-3-5-13(9-12)22(25)26/h3-9,16-17,23H,1-2H3,(H,21,24)/t16-,17+/m1/s1. The highest BCUT2D eigenvalue weighted by molar-refractivity contribution is 5.95. The third kappa shape index (κ3) is 3.45. The van der Waals surface area contributed by atoms with E-state index in [0.717, 1.165) is 0 Å². The summed E-state index contributed by atoms with van der Waals surface area (Å²) >= 11 is 0. The molecule has 0 unspecified atom stereocenters. The number of aliphatic hydroxyl groups is 1. The van der Waals surface area contributed by atoms with E-state index in [4.69, 9.17) is 10.00 Å². The minimum absolute atomic E-state index is 0.0960. The lowest BCUT2D eigenvalue weighted by molar-refractivity contribution is -0.384. The summed E-state index contributed by atoms with van der Waals surface area (Å²) in [5.41, 5.74) is -0.262. The maximum absolute atomic E-state index is 12.7. The average molecular weight is 367 g/mol. The van der Waals surface area contributed by atoms with Gasteiger partial charge in [-0.3, -0.25) is 14.9 Å². The Hall–Kier alpha value is -3.44. The summed E-state index contributed by atoms with van der Waals surface area (Å²) in [5.74, 6) is -0.123. The molecule has 1 amide bonds. The van der Waals surface area contributed by atoms with E-state index >= 15 is 0 Å². The second-order valence-corrected chi connectivity index (χ2v) is 6.77. The Kier molecular flexibility index (Phi) is 4.56. The number of amides is 1. The molecule has 0 saturated carbocycles. The van der Waals surface area contributed by atoms with Crippen LogP contribution in [0.4, 0.5) is 5.69 Å². The zero-order chi connectivity index (χ0) is 19.8. The fourth-order valence-electron chi connectivity index (χ4n) is 3.01. The number of ether oxygens (including phenoxy) is 1. The molecule has 138 valence electrons. The molecule has 27 heavy (non-hydrogen) atoms. The van der Waals surface area contributed by atoms with Gasteiger partial charge in [0, 0.05) is 23.3 Å². The molecule has 2 atom stereocenters. The Morgan fingerprint density at radius 2 is 2.07 bits per heavy atom. The Morgan fingerprint density at radius 3 is 2.74 bits per heavy atom. The van der Waals surface area contributed by atoms with Crippen LogP contribution < -0.4 is 10.1 Å². The first-order valence-corrected chi connectivity index (χ1v) is 8.19. The van der Waals surface area contributed by atoms with E-state index in [1.54, 1.807) is 32.0 Å². The van der Waals surface area contributed by atoms with Crippen LogP contribution in [-0.4, -0.2) is 27.6 Å². The van der Waals surface area contributed by atoms with E-state index in [1.807, 2.05) is 6.07 Å². The van der Waals surface area contributed by atoms with Crippen LogP contribution in [-0.2, 0) is 0 Å². The van der Waals surface area contributed by atoms with Crippen LogP contribution in [0.15, 0.2) is 42.5 Å². The predicted octanol–water partition coefficient (Wildman–Crippen LogP) is 2.47. The highest BCUT2D eigenvalue weighted by Gasteiger charge is 2.43. The second-order valence-electron chi connectivity index (χ2n) is 6.77. The Labute approximate surface area is 155 Å². The summed E-state index contributed by atoms with van der Waals surface area (Å²) in [6.45, 7) is 3.37. The van der Waals surface area contributed by atoms with E-state index in [1.165, 1.54) is 24.3 Å². The highest BCUT2D eigenvalue weighted by atomic mass is 16.6. The number of nitrogens with one attached hydrogen (secondary N) is 1. The summed E-state index contributed by atoms with van der Waals surface area (Å²) < 4.78 is 5.80. The third-order valence-electron chi connectivity index (χ3n) is 4.48. The molecular weight excluding hydrogens is 350 g/mol. The first kappa shape index (κ1) is 18.4. The quantitative estimate of drug-likeness (QED) is 0.634. The number of nitrogens with zero attached hydrogens (tertiary/aromatic N) is 2. The fourth-order valence-corrected chi connectivity index (χ4v) is 3.01. The predicted molar refractivity (Wildman–Crippen MR) is 95.2 cm³/mol. The number of aliphatic hydroxyl groups excluding tert-OH is 1. The second kappa shape index (κ2) is 6.70. The van der Waals surface area contributed by atoms with Gasteiger partial charge in [0.25, 0.3) is 11.6 Å². The third-order valence-corrected chi connectivity index (χ3v) is 4.48. The van der Waals surface area contributed by atoms with Crippen molar-refractivity contribution < 1.29 is 19.6 Å². The Morgan fingerprint density at radius 1 is 1.33 bits per heavy atom. The van der Waals surface area contributed by atoms with Crippen molar-refractivity contribution in [3.63, 3.8) is 0 Å². The van der Waals surface area contributed by atoms with Crippen LogP contribution in [0.3, 0.4) is 0 Å². The van der Waals surface area contributed by atoms with Crippen molar-refractivity contribution in [2.24, 2.45) is 0 Å². The van der Waals surface area contributed by atoms with Gasteiger partial charge in [-0.05, 0) is 38.1 Å². The van der Waals surface area contributed by atoms with Crippen LogP contribution in [0.5, 0.6) is 5.75 Å². The molecule has 1 heterocycles. The molecule has 0 aliphatic carbocycles. The summed E-state index contributed by atoms with van der Waals surface area (Å²) in [5, 5.41) is 33.5. The molecule has 0 saturated heterocycles. The van der Waals surface area contributed by atoms with Crippen LogP contribution in [0, 0.1) is 21.4 Å². The van der Waals surface area contributed by atoms with Gasteiger partial charge in [-0.25, -0.2) is 0 Å². The molecule has 1 aliphatic heterocycles. The van der Waals surface area contributed by atoms with Crippen LogP contribution in [0.25, 0.3) is 0 Å². The minimum atomic E-state index is -1.10. The molecule has 1 aliphatic rings. The number of rotatable bonds is 3. The van der Waals surface area contributed by atoms with Gasteiger partial charge >= 0.3 is 0 Å². The molecule has 0 aromatic heterocycles. The average Bonchev–Trinajstić information content (AvgIpc) is 2.64. The van der Waals surface area contributed by atoms with Gasteiger partial charge in [-0.1, -0.05) is 6.07 Å². The molecule has 2 aromatic rings. The fraction of sp³-hybridized carbons (Fsp3) is 0.263. The molecule has 2 aromatic carbocycles. The van der Waals surface area contributed by atoms with Crippen molar-refractivity contribution in [3.8, 4) is 11.8 Å². The van der Waals surface area contributed by atoms with Gasteiger partial charge in [-0.15, -0.1) is 0 Å². The maximum atomic E-state index is 12.7. The summed E-state index contributed by atoms with van der Waals surface area (Å²) in [6.07, 6.45) is -1.10. The van der Waals surface area contributed by atoms with E-state index in [9.17, 15) is 20.0 Å². The van der Waals surface area contributed by atoms with Crippen molar-refractivity contribution in [2.45, 2.75) is 31.6 Å². The smallest absolute Gasteiger partial charge is 0.270 e. The zero-order valence-electron chi connectivity index (χ0n) is 14.7. The molecule has 2 N–H and O–H groups in total. The number of carbonyl (C=O) groups is 1. The lowest BCUT2D eigenvalue weighted by Gasteiger charge is -2.42. The SMILES string of the molecule is CC1(C)Oc2ccc(C#N)cc2[C@@H](NC(=O)c2cccc([N+](=O)[O-])c2)[C@@H]1O. The van der Waals surface area contributed by atoms with Crippen LogP contribution >= 0.6 is 0 Å². The largest absolute Gasteiger partial charge is 0.485 e. The summed E-state index contributed by atoms with van der Waals surface area (Å²) in [7, 11) is 0. The molecule has 3 rings (SSSR count). The first-order valence-electron chi connectivity index (χ1n) is 8.19. The molecule has 0 radical (unpaired) electrons. The highest BCUT2D eigenvalue weighted by Crippen LogP contribution is 2.40. The lowest BCUT2D eigenvalue weighted by Crippen LogP contribution is -2.53. The number of benzene rings is 2. The minimum Gasteiger partial charge on any atom is -0.485 e. The first-order chi connectivity index (χ1) is 12.7. The summed E-state index contributed by atoms with van der Waals surface area (Å²) in [6, 6.07) is 11.2. The van der Waals surface area contributed by atoms with Gasteiger partial charge < -0.3 is 15.2 Å². The molecule has 0 bridgehead atoms. The number of hydrogen-bond acceptors (Lipinski definition) is 6. The molecular formula is C19H17N3O5. The monoisotopic (exact) mass is 367 g/mol. The van der Waals surface area contributed by atoms with Gasteiger partial charge in [-0.2, -0.15) is 5.26 Å². The maximum Gasteiger partial charge on any atom is 0.270 e. The van der Waals surface area contributed by atoms with Crippen LogP contribution in [0.2, 0.25) is 0 Å². The van der Waals surface area contributed by atoms with Crippen molar-refractivity contribution in [1.82, 2.24) is 5.32 Å². The van der Waals surface area contributed by atoms with Gasteiger partial charge in [0.2, 0.25) is 0 Å². The number of hydrogen-bond donors (Lipinski definition) is 2. The number of carbonyl (C=O) groups excluding carboxylic acids is 1. The van der Waals surface area contributed by atoms with E-state index in [2.05, 4.69) is 5.32 Å².